The first kappa shape index (κ1) is 9.61. The van der Waals surface area contributed by atoms with Gasteiger partial charge >= 0.3 is 0 Å². The molecule has 0 radical (unpaired) electrons. The summed E-state index contributed by atoms with van der Waals surface area (Å²) >= 11 is 0. The third-order valence-corrected chi connectivity index (χ3v) is 2.50. The molecule has 2 heterocycles. The van der Waals surface area contributed by atoms with Crippen molar-refractivity contribution in [2.45, 2.75) is 0 Å². The van der Waals surface area contributed by atoms with Crippen LogP contribution in [0.1, 0.15) is 5.69 Å². The molecule has 0 N–H and O–H groups in total. The maximum Gasteiger partial charge on any atom is 0.156 e. The van der Waals surface area contributed by atoms with Crippen LogP contribution >= 0.6 is 0 Å². The van der Waals surface area contributed by atoms with E-state index in [1.54, 1.807) is 22.8 Å². The lowest BCUT2D eigenvalue weighted by Gasteiger charge is -1.85. The number of hydrogen-bond donors (Lipinski definition) is 0. The van der Waals surface area contributed by atoms with E-state index in [9.17, 15) is 0 Å². The molecular weight excluding hydrogens is 210 g/mol. The Kier molecular flexibility index (Phi) is 2.13. The lowest BCUT2D eigenvalue weighted by molar-refractivity contribution is 0.932. The molecule has 2 aliphatic carbocycles. The Hall–Kier alpha value is -2.60. The monoisotopic (exact) mass is 219 g/mol. The molecule has 17 heavy (non-hydrogen) atoms. The summed E-state index contributed by atoms with van der Waals surface area (Å²) in [5.74, 6) is 2.44. The Morgan fingerprint density at radius 3 is 2.47 bits per heavy atom. The minimum absolute atomic E-state index is 0.615. The van der Waals surface area contributed by atoms with Crippen LogP contribution in [0.2, 0.25) is 0 Å². The fourth-order valence-corrected chi connectivity index (χ4v) is 1.58. The predicted octanol–water partition coefficient (Wildman–Crippen LogP) is 2.38. The minimum atomic E-state index is 0.615. The van der Waals surface area contributed by atoms with E-state index >= 15 is 0 Å². The molecule has 0 saturated carbocycles. The van der Waals surface area contributed by atoms with Crippen molar-refractivity contribution < 1.29 is 0 Å². The number of rotatable bonds is 0. The van der Waals surface area contributed by atoms with Crippen LogP contribution in [0.4, 0.5) is 0 Å². The number of benzene rings is 1. The molecule has 2 aliphatic rings. The largest absolute Gasteiger partial charge is 0.237 e. The van der Waals surface area contributed by atoms with Gasteiger partial charge in [-0.25, -0.2) is 9.50 Å². The average Bonchev–Trinajstić information content (AvgIpc) is 2.81. The van der Waals surface area contributed by atoms with E-state index in [2.05, 4.69) is 40.3 Å². The van der Waals surface area contributed by atoms with Crippen LogP contribution in [0.5, 0.6) is 0 Å². The fourth-order valence-electron chi connectivity index (χ4n) is 1.58. The van der Waals surface area contributed by atoms with Gasteiger partial charge in [-0.15, -0.1) is 6.42 Å². The molecule has 0 unspecified atom stereocenters. The summed E-state index contributed by atoms with van der Waals surface area (Å²) in [6, 6.07) is 12.1. The molecule has 2 aromatic heterocycles. The normalized spacial score (nSPS) is 10.3. The Balaban J connectivity index is 0.000000125. The molecule has 80 valence electrons. The molecule has 0 aliphatic heterocycles. The maximum atomic E-state index is 5.16. The highest BCUT2D eigenvalue weighted by Crippen LogP contribution is 2.32. The van der Waals surface area contributed by atoms with Gasteiger partial charge in [0.1, 0.15) is 5.69 Å². The average molecular weight is 219 g/mol. The standard InChI is InChI=1S/C8H5N3.C6H4/c1-2-7-6-8-9-4-3-5-11(8)10-7;1-2-5-4-6(5)3-1/h1,3-6H;1-4H. The lowest BCUT2D eigenvalue weighted by atomic mass is 10.4. The third-order valence-electron chi connectivity index (χ3n) is 2.50. The van der Waals surface area contributed by atoms with Crippen LogP contribution in [0.25, 0.3) is 16.8 Å². The van der Waals surface area contributed by atoms with E-state index in [0.29, 0.717) is 5.69 Å². The molecule has 3 nitrogen and oxygen atoms in total. The van der Waals surface area contributed by atoms with Gasteiger partial charge in [-0.3, -0.25) is 0 Å². The second-order valence-electron chi connectivity index (χ2n) is 3.68. The van der Waals surface area contributed by atoms with Crippen molar-refractivity contribution in [2.75, 3.05) is 0 Å². The third kappa shape index (κ3) is 1.88. The smallest absolute Gasteiger partial charge is 0.156 e. The summed E-state index contributed by atoms with van der Waals surface area (Å²) in [5, 5.41) is 4.05. The maximum absolute atomic E-state index is 5.16. The number of fused-ring (bicyclic) bond motifs is 2. The van der Waals surface area contributed by atoms with Gasteiger partial charge in [-0.1, -0.05) is 18.2 Å². The van der Waals surface area contributed by atoms with Gasteiger partial charge < -0.3 is 0 Å². The van der Waals surface area contributed by atoms with Crippen LogP contribution in [-0.2, 0) is 0 Å². The van der Waals surface area contributed by atoms with E-state index < -0.39 is 0 Å². The lowest BCUT2D eigenvalue weighted by Crippen LogP contribution is -1.86. The molecule has 0 fully saturated rings. The highest BCUT2D eigenvalue weighted by molar-refractivity contribution is 5.80. The topological polar surface area (TPSA) is 30.2 Å². The first-order valence-corrected chi connectivity index (χ1v) is 5.24. The first-order valence-electron chi connectivity index (χ1n) is 5.24. The summed E-state index contributed by atoms with van der Waals surface area (Å²) in [5.41, 5.74) is 4.24. The molecule has 0 bridgehead atoms. The van der Waals surface area contributed by atoms with Crippen molar-refractivity contribution in [1.82, 2.24) is 14.6 Å². The summed E-state index contributed by atoms with van der Waals surface area (Å²) in [6.45, 7) is 0. The molecule has 0 spiro atoms. The van der Waals surface area contributed by atoms with Gasteiger partial charge in [0, 0.05) is 18.5 Å². The Labute approximate surface area is 98.7 Å². The van der Waals surface area contributed by atoms with E-state index in [4.69, 9.17) is 6.42 Å². The first-order chi connectivity index (χ1) is 8.36. The van der Waals surface area contributed by atoms with E-state index in [1.807, 2.05) is 6.20 Å². The highest BCUT2D eigenvalue weighted by Gasteiger charge is 2.06. The molecule has 0 saturated heterocycles. The van der Waals surface area contributed by atoms with Gasteiger partial charge in [-0.05, 0) is 29.2 Å². The van der Waals surface area contributed by atoms with Crippen molar-refractivity contribution in [3.8, 4) is 23.5 Å². The summed E-state index contributed by atoms with van der Waals surface area (Å²) < 4.78 is 1.65. The highest BCUT2D eigenvalue weighted by atomic mass is 15.2. The van der Waals surface area contributed by atoms with Crippen LogP contribution in [0.3, 0.4) is 0 Å². The van der Waals surface area contributed by atoms with Crippen LogP contribution in [-0.4, -0.2) is 14.6 Å². The van der Waals surface area contributed by atoms with E-state index in [0.717, 1.165) is 5.65 Å². The molecule has 2 aromatic rings. The molecule has 0 amide bonds. The number of aromatic nitrogens is 3. The molecule has 3 heteroatoms. The van der Waals surface area contributed by atoms with E-state index in [1.165, 1.54) is 11.1 Å². The van der Waals surface area contributed by atoms with Crippen LogP contribution < -0.4 is 0 Å². The van der Waals surface area contributed by atoms with Crippen molar-refractivity contribution in [3.63, 3.8) is 0 Å². The minimum Gasteiger partial charge on any atom is -0.237 e. The zero-order chi connectivity index (χ0) is 11.7. The quantitative estimate of drug-likeness (QED) is 0.425. The SMILES string of the molecule is C#Cc1cc2ncccn2n1.c1cc2cc-2c1. The molecule has 0 atom stereocenters. The fraction of sp³-hybridized carbons (Fsp3) is 0. The zero-order valence-corrected chi connectivity index (χ0v) is 9.04. The van der Waals surface area contributed by atoms with Crippen LogP contribution in [0.15, 0.2) is 48.8 Å². The summed E-state index contributed by atoms with van der Waals surface area (Å²) in [4.78, 5) is 4.05. The number of terminal acetylenes is 1. The molecule has 4 rings (SSSR count). The number of nitrogens with zero attached hydrogens (tertiary/aromatic N) is 3. The van der Waals surface area contributed by atoms with Gasteiger partial charge in [0.05, 0.1) is 0 Å². The Morgan fingerprint density at radius 1 is 1.12 bits per heavy atom. The predicted molar refractivity (Wildman–Crippen MR) is 66.4 cm³/mol. The van der Waals surface area contributed by atoms with E-state index in [-0.39, 0.29) is 0 Å². The van der Waals surface area contributed by atoms with Crippen molar-refractivity contribution >= 4 is 5.65 Å². The van der Waals surface area contributed by atoms with Crippen molar-refractivity contribution in [3.05, 3.63) is 54.5 Å². The number of hydrogen-bond acceptors (Lipinski definition) is 2. The zero-order valence-electron chi connectivity index (χ0n) is 9.04. The molecular formula is C14H9N3. The van der Waals surface area contributed by atoms with Gasteiger partial charge in [0.15, 0.2) is 5.65 Å². The van der Waals surface area contributed by atoms with Gasteiger partial charge in [-0.2, -0.15) is 5.10 Å². The van der Waals surface area contributed by atoms with Crippen LogP contribution in [0, 0.1) is 12.3 Å². The second kappa shape index (κ2) is 3.76. The second-order valence-corrected chi connectivity index (χ2v) is 3.68. The summed E-state index contributed by atoms with van der Waals surface area (Å²) in [7, 11) is 0. The summed E-state index contributed by atoms with van der Waals surface area (Å²) in [6.07, 6.45) is 8.67. The van der Waals surface area contributed by atoms with Gasteiger partial charge in [0.25, 0.3) is 0 Å². The van der Waals surface area contributed by atoms with Crippen molar-refractivity contribution in [2.24, 2.45) is 0 Å². The van der Waals surface area contributed by atoms with Gasteiger partial charge in [0.2, 0.25) is 0 Å². The Bertz CT molecular complexity index is 669. The van der Waals surface area contributed by atoms with Crippen molar-refractivity contribution in [1.29, 1.82) is 0 Å². The molecule has 0 aromatic carbocycles. The Morgan fingerprint density at radius 2 is 1.94 bits per heavy atom.